The minimum absolute atomic E-state index is 0.0527. The SMILES string of the molecule is CC(C)CC(=O)Nc1ccc(NC(=O)c2ccc(-c3ccccc3F)o2)cc1. The molecular weight excluding hydrogens is 359 g/mol. The van der Waals surface area contributed by atoms with Crippen molar-refractivity contribution < 1.29 is 18.4 Å². The van der Waals surface area contributed by atoms with Gasteiger partial charge in [0.2, 0.25) is 5.91 Å². The number of benzene rings is 2. The van der Waals surface area contributed by atoms with Gasteiger partial charge in [0.05, 0.1) is 5.56 Å². The van der Waals surface area contributed by atoms with Crippen molar-refractivity contribution in [2.45, 2.75) is 20.3 Å². The molecule has 0 fully saturated rings. The highest BCUT2D eigenvalue weighted by Gasteiger charge is 2.14. The van der Waals surface area contributed by atoms with Crippen molar-refractivity contribution >= 4 is 23.2 Å². The average Bonchev–Trinajstić information content (AvgIpc) is 3.13. The second kappa shape index (κ2) is 8.52. The zero-order valence-electron chi connectivity index (χ0n) is 15.7. The predicted octanol–water partition coefficient (Wildman–Crippen LogP) is 5.32. The van der Waals surface area contributed by atoms with E-state index in [9.17, 15) is 14.0 Å². The Morgan fingerprint density at radius 3 is 2.21 bits per heavy atom. The Hall–Kier alpha value is -3.41. The zero-order chi connectivity index (χ0) is 20.1. The first-order valence-electron chi connectivity index (χ1n) is 8.98. The molecule has 6 heteroatoms. The molecule has 2 amide bonds. The quantitative estimate of drug-likeness (QED) is 0.608. The Bertz CT molecular complexity index is 977. The van der Waals surface area contributed by atoms with Gasteiger partial charge in [0.1, 0.15) is 11.6 Å². The summed E-state index contributed by atoms with van der Waals surface area (Å²) in [6, 6.07) is 16.0. The molecule has 3 rings (SSSR count). The summed E-state index contributed by atoms with van der Waals surface area (Å²) in [5.74, 6) is -0.277. The number of rotatable bonds is 6. The second-order valence-electron chi connectivity index (χ2n) is 6.82. The number of amides is 2. The minimum atomic E-state index is -0.445. The first-order chi connectivity index (χ1) is 13.4. The van der Waals surface area contributed by atoms with E-state index in [1.54, 1.807) is 48.5 Å². The Morgan fingerprint density at radius 2 is 1.57 bits per heavy atom. The van der Waals surface area contributed by atoms with Crippen LogP contribution >= 0.6 is 0 Å². The van der Waals surface area contributed by atoms with Crippen LogP contribution in [-0.4, -0.2) is 11.8 Å². The van der Waals surface area contributed by atoms with Crippen molar-refractivity contribution in [2.24, 2.45) is 5.92 Å². The Morgan fingerprint density at radius 1 is 0.929 bits per heavy atom. The summed E-state index contributed by atoms with van der Waals surface area (Å²) < 4.78 is 19.3. The van der Waals surface area contributed by atoms with Crippen LogP contribution in [0.4, 0.5) is 15.8 Å². The maximum Gasteiger partial charge on any atom is 0.291 e. The number of furan rings is 1. The van der Waals surface area contributed by atoms with Crippen molar-refractivity contribution in [3.05, 3.63) is 72.2 Å². The highest BCUT2D eigenvalue weighted by atomic mass is 19.1. The fourth-order valence-electron chi connectivity index (χ4n) is 2.68. The third kappa shape index (κ3) is 4.85. The van der Waals surface area contributed by atoms with Gasteiger partial charge in [-0.1, -0.05) is 26.0 Å². The van der Waals surface area contributed by atoms with Gasteiger partial charge in [-0.2, -0.15) is 0 Å². The fraction of sp³-hybridized carbons (Fsp3) is 0.182. The highest BCUT2D eigenvalue weighted by Crippen LogP contribution is 2.25. The van der Waals surface area contributed by atoms with E-state index in [0.29, 0.717) is 23.4 Å². The van der Waals surface area contributed by atoms with Crippen molar-refractivity contribution in [3.8, 4) is 11.3 Å². The van der Waals surface area contributed by atoms with Crippen LogP contribution in [0, 0.1) is 11.7 Å². The van der Waals surface area contributed by atoms with E-state index in [0.717, 1.165) is 0 Å². The summed E-state index contributed by atoms with van der Waals surface area (Å²) in [4.78, 5) is 24.2. The topological polar surface area (TPSA) is 71.3 Å². The van der Waals surface area contributed by atoms with E-state index in [2.05, 4.69) is 10.6 Å². The lowest BCUT2D eigenvalue weighted by Gasteiger charge is -2.08. The van der Waals surface area contributed by atoms with Gasteiger partial charge < -0.3 is 15.1 Å². The number of carbonyl (C=O) groups excluding carboxylic acids is 2. The lowest BCUT2D eigenvalue weighted by atomic mass is 10.1. The number of hydrogen-bond acceptors (Lipinski definition) is 3. The summed E-state index contributed by atoms with van der Waals surface area (Å²) >= 11 is 0. The third-order valence-electron chi connectivity index (χ3n) is 3.99. The molecule has 1 heterocycles. The molecular formula is C22H21FN2O3. The van der Waals surface area contributed by atoms with Gasteiger partial charge in [0, 0.05) is 17.8 Å². The largest absolute Gasteiger partial charge is 0.451 e. The molecule has 0 aliphatic carbocycles. The summed E-state index contributed by atoms with van der Waals surface area (Å²) in [6.07, 6.45) is 0.446. The lowest BCUT2D eigenvalue weighted by molar-refractivity contribution is -0.116. The third-order valence-corrected chi connectivity index (χ3v) is 3.99. The second-order valence-corrected chi connectivity index (χ2v) is 6.82. The summed E-state index contributed by atoms with van der Waals surface area (Å²) in [7, 11) is 0. The van der Waals surface area contributed by atoms with Gasteiger partial charge in [-0.3, -0.25) is 9.59 Å². The zero-order valence-corrected chi connectivity index (χ0v) is 15.7. The number of anilines is 2. The minimum Gasteiger partial charge on any atom is -0.451 e. The molecule has 0 bridgehead atoms. The smallest absolute Gasteiger partial charge is 0.291 e. The van der Waals surface area contributed by atoms with Crippen molar-refractivity contribution in [1.82, 2.24) is 0 Å². The van der Waals surface area contributed by atoms with Crippen molar-refractivity contribution in [3.63, 3.8) is 0 Å². The Kier molecular flexibility index (Phi) is 5.89. The van der Waals surface area contributed by atoms with E-state index in [1.165, 1.54) is 12.1 Å². The molecule has 1 aromatic heterocycles. The van der Waals surface area contributed by atoms with Gasteiger partial charge in [0.25, 0.3) is 5.91 Å². The van der Waals surface area contributed by atoms with E-state index < -0.39 is 11.7 Å². The summed E-state index contributed by atoms with van der Waals surface area (Å²) in [5, 5.41) is 5.52. The van der Waals surface area contributed by atoms with Crippen LogP contribution < -0.4 is 10.6 Å². The standard InChI is InChI=1S/C22H21FN2O3/c1-14(2)13-21(26)24-15-7-9-16(10-8-15)25-22(27)20-12-11-19(28-20)17-5-3-4-6-18(17)23/h3-12,14H,13H2,1-2H3,(H,24,26)(H,25,27). The number of nitrogens with one attached hydrogen (secondary N) is 2. The molecule has 0 spiro atoms. The molecule has 0 saturated carbocycles. The molecule has 0 radical (unpaired) electrons. The van der Waals surface area contributed by atoms with Crippen LogP contribution in [0.2, 0.25) is 0 Å². The first-order valence-corrected chi connectivity index (χ1v) is 8.98. The van der Waals surface area contributed by atoms with Crippen molar-refractivity contribution in [2.75, 3.05) is 10.6 Å². The molecule has 144 valence electrons. The monoisotopic (exact) mass is 380 g/mol. The van der Waals surface area contributed by atoms with Crippen molar-refractivity contribution in [1.29, 1.82) is 0 Å². The van der Waals surface area contributed by atoms with Crippen LogP contribution in [0.3, 0.4) is 0 Å². The van der Waals surface area contributed by atoms with Crippen LogP contribution in [0.25, 0.3) is 11.3 Å². The van der Waals surface area contributed by atoms with Gasteiger partial charge >= 0.3 is 0 Å². The average molecular weight is 380 g/mol. The van der Waals surface area contributed by atoms with Crippen LogP contribution in [0.15, 0.2) is 65.1 Å². The molecule has 3 aromatic rings. The Labute approximate surface area is 162 Å². The van der Waals surface area contributed by atoms with Gasteiger partial charge in [-0.05, 0) is 54.4 Å². The van der Waals surface area contributed by atoms with E-state index in [1.807, 2.05) is 13.8 Å². The van der Waals surface area contributed by atoms with E-state index in [-0.39, 0.29) is 23.3 Å². The molecule has 0 aliphatic rings. The maximum absolute atomic E-state index is 13.8. The molecule has 2 N–H and O–H groups in total. The van der Waals surface area contributed by atoms with E-state index in [4.69, 9.17) is 4.42 Å². The van der Waals surface area contributed by atoms with Crippen LogP contribution in [-0.2, 0) is 4.79 Å². The highest BCUT2D eigenvalue weighted by molar-refractivity contribution is 6.02. The molecule has 0 unspecified atom stereocenters. The van der Waals surface area contributed by atoms with Gasteiger partial charge in [-0.25, -0.2) is 4.39 Å². The van der Waals surface area contributed by atoms with Gasteiger partial charge in [-0.15, -0.1) is 0 Å². The normalized spacial score (nSPS) is 10.7. The number of carbonyl (C=O) groups is 2. The lowest BCUT2D eigenvalue weighted by Crippen LogP contribution is -2.14. The molecule has 5 nitrogen and oxygen atoms in total. The number of halogens is 1. The van der Waals surface area contributed by atoms with Crippen LogP contribution in [0.5, 0.6) is 0 Å². The van der Waals surface area contributed by atoms with E-state index >= 15 is 0 Å². The predicted molar refractivity (Wildman–Crippen MR) is 107 cm³/mol. The molecule has 28 heavy (non-hydrogen) atoms. The first kappa shape index (κ1) is 19.4. The Balaban J connectivity index is 1.64. The summed E-state index contributed by atoms with van der Waals surface area (Å²) in [5.41, 5.74) is 1.50. The fourth-order valence-corrected chi connectivity index (χ4v) is 2.68. The molecule has 0 saturated heterocycles. The maximum atomic E-state index is 13.8. The molecule has 2 aromatic carbocycles. The van der Waals surface area contributed by atoms with Gasteiger partial charge in [0.15, 0.2) is 5.76 Å². The summed E-state index contributed by atoms with van der Waals surface area (Å²) in [6.45, 7) is 3.95. The number of hydrogen-bond donors (Lipinski definition) is 2. The van der Waals surface area contributed by atoms with Crippen LogP contribution in [0.1, 0.15) is 30.8 Å². The molecule has 0 atom stereocenters. The molecule has 0 aliphatic heterocycles.